The van der Waals surface area contributed by atoms with Crippen molar-refractivity contribution in [2.75, 3.05) is 0 Å². The zero-order chi connectivity index (χ0) is 11.0. The van der Waals surface area contributed by atoms with E-state index in [1.54, 1.807) is 20.8 Å². The van der Waals surface area contributed by atoms with Crippen LogP contribution in [0.1, 0.15) is 34.1 Å². The Balaban J connectivity index is 0. The van der Waals surface area contributed by atoms with E-state index < -0.39 is 24.4 Å². The zero-order valence-electron chi connectivity index (χ0n) is 8.81. The minimum Gasteiger partial charge on any atom is -0.391 e. The van der Waals surface area contributed by atoms with Crippen molar-refractivity contribution in [2.24, 2.45) is 0 Å². The lowest BCUT2D eigenvalue weighted by Gasteiger charge is -2.08. The van der Waals surface area contributed by atoms with Gasteiger partial charge in [0.25, 0.3) is 0 Å². The summed E-state index contributed by atoms with van der Waals surface area (Å²) in [6.45, 7) is 6.50. The highest BCUT2D eigenvalue weighted by atomic mass is 16.3. The molecule has 0 heterocycles. The van der Waals surface area contributed by atoms with Gasteiger partial charge in [0.1, 0.15) is 0 Å². The Kier molecular flexibility index (Phi) is 9.94. The molecule has 0 amide bonds. The normalized spacial score (nSPS) is 19.4. The first-order valence-electron chi connectivity index (χ1n) is 4.55. The van der Waals surface area contributed by atoms with Crippen molar-refractivity contribution in [3.05, 3.63) is 0 Å². The molecule has 0 saturated carbocycles. The molecule has 0 fully saturated rings. The third-order valence-corrected chi connectivity index (χ3v) is 1.67. The maximum Gasteiger partial charge on any atom is 0.0793 e. The Hall–Kier alpha value is -0.160. The van der Waals surface area contributed by atoms with Crippen molar-refractivity contribution < 1.29 is 20.4 Å². The highest BCUT2D eigenvalue weighted by Crippen LogP contribution is 1.94. The van der Waals surface area contributed by atoms with Crippen molar-refractivity contribution in [3.8, 4) is 0 Å². The fraction of sp³-hybridized carbons (Fsp3) is 1.00. The standard InChI is InChI=1S/C5H12O2.C4H10O2/c1-3-5(7)4(2)6;1-3(5)4(2)6/h4-7H,3H2,1-2H3;3-6H,1-2H3. The number of aliphatic hydroxyl groups is 4. The summed E-state index contributed by atoms with van der Waals surface area (Å²) < 4.78 is 0. The number of rotatable bonds is 3. The maximum absolute atomic E-state index is 8.69. The second-order valence-corrected chi connectivity index (χ2v) is 3.20. The molecule has 4 atom stereocenters. The van der Waals surface area contributed by atoms with Crippen LogP contribution in [0.2, 0.25) is 0 Å². The second kappa shape index (κ2) is 8.44. The molecule has 0 aliphatic carbocycles. The van der Waals surface area contributed by atoms with Crippen molar-refractivity contribution in [1.29, 1.82) is 0 Å². The van der Waals surface area contributed by atoms with Gasteiger partial charge < -0.3 is 20.4 Å². The van der Waals surface area contributed by atoms with Gasteiger partial charge in [0.2, 0.25) is 0 Å². The maximum atomic E-state index is 8.69. The molecule has 4 nitrogen and oxygen atoms in total. The molecular formula is C9H22O4. The average Bonchev–Trinajstić information content (AvgIpc) is 2.03. The van der Waals surface area contributed by atoms with Crippen LogP contribution in [0.4, 0.5) is 0 Å². The molecule has 0 bridgehead atoms. The summed E-state index contributed by atoms with van der Waals surface area (Å²) in [6, 6.07) is 0. The summed E-state index contributed by atoms with van der Waals surface area (Å²) in [5.74, 6) is 0. The Bertz CT molecular complexity index is 95.8. The van der Waals surface area contributed by atoms with Gasteiger partial charge >= 0.3 is 0 Å². The number of aliphatic hydroxyl groups excluding tert-OH is 4. The highest BCUT2D eigenvalue weighted by Gasteiger charge is 2.05. The smallest absolute Gasteiger partial charge is 0.0793 e. The summed E-state index contributed by atoms with van der Waals surface area (Å²) in [5.41, 5.74) is 0. The lowest BCUT2D eigenvalue weighted by atomic mass is 10.2. The van der Waals surface area contributed by atoms with Crippen LogP contribution in [0.3, 0.4) is 0 Å². The minimum absolute atomic E-state index is 0.542. The third-order valence-electron chi connectivity index (χ3n) is 1.67. The lowest BCUT2D eigenvalue weighted by molar-refractivity contribution is 0.0294. The number of hydrogen-bond acceptors (Lipinski definition) is 4. The SMILES string of the molecule is CC(O)C(C)O.CCC(O)C(C)O. The summed E-state index contributed by atoms with van der Waals surface area (Å²) >= 11 is 0. The van der Waals surface area contributed by atoms with E-state index >= 15 is 0 Å². The first kappa shape index (κ1) is 15.3. The molecule has 0 aromatic carbocycles. The van der Waals surface area contributed by atoms with E-state index in [9.17, 15) is 0 Å². The van der Waals surface area contributed by atoms with Gasteiger partial charge in [0, 0.05) is 0 Å². The van der Waals surface area contributed by atoms with Gasteiger partial charge in [0.15, 0.2) is 0 Å². The van der Waals surface area contributed by atoms with Crippen LogP contribution in [0.5, 0.6) is 0 Å². The summed E-state index contributed by atoms with van der Waals surface area (Å²) in [5, 5.41) is 34.0. The van der Waals surface area contributed by atoms with Crippen molar-refractivity contribution in [2.45, 2.75) is 58.5 Å². The van der Waals surface area contributed by atoms with Crippen LogP contribution in [-0.4, -0.2) is 44.8 Å². The number of hydrogen-bond donors (Lipinski definition) is 4. The molecule has 0 aliphatic rings. The van der Waals surface area contributed by atoms with Crippen LogP contribution < -0.4 is 0 Å². The van der Waals surface area contributed by atoms with Gasteiger partial charge in [0.05, 0.1) is 24.4 Å². The molecule has 4 N–H and O–H groups in total. The lowest BCUT2D eigenvalue weighted by Crippen LogP contribution is -2.20. The van der Waals surface area contributed by atoms with E-state index in [2.05, 4.69) is 0 Å². The monoisotopic (exact) mass is 194 g/mol. The molecular weight excluding hydrogens is 172 g/mol. The largest absolute Gasteiger partial charge is 0.391 e. The van der Waals surface area contributed by atoms with E-state index in [0.717, 1.165) is 0 Å². The molecule has 13 heavy (non-hydrogen) atoms. The Labute approximate surface area is 79.8 Å². The topological polar surface area (TPSA) is 80.9 Å². The van der Waals surface area contributed by atoms with Gasteiger partial charge in [-0.1, -0.05) is 6.92 Å². The summed E-state index contributed by atoms with van der Waals surface area (Å²) in [6.07, 6.45) is -1.68. The van der Waals surface area contributed by atoms with Gasteiger partial charge in [-0.05, 0) is 27.2 Å². The molecule has 0 spiro atoms. The highest BCUT2D eigenvalue weighted by molar-refractivity contribution is 4.56. The fourth-order valence-corrected chi connectivity index (χ4v) is 0.341. The van der Waals surface area contributed by atoms with Crippen LogP contribution in [0.15, 0.2) is 0 Å². The van der Waals surface area contributed by atoms with Gasteiger partial charge in [-0.3, -0.25) is 0 Å². The first-order chi connectivity index (χ1) is 5.82. The van der Waals surface area contributed by atoms with Crippen molar-refractivity contribution in [1.82, 2.24) is 0 Å². The van der Waals surface area contributed by atoms with E-state index in [1.165, 1.54) is 0 Å². The van der Waals surface area contributed by atoms with Crippen molar-refractivity contribution >= 4 is 0 Å². The third kappa shape index (κ3) is 11.8. The second-order valence-electron chi connectivity index (χ2n) is 3.20. The predicted octanol–water partition coefficient (Wildman–Crippen LogP) is -0.114. The average molecular weight is 194 g/mol. The molecule has 0 rings (SSSR count). The molecule has 0 aromatic rings. The molecule has 0 aliphatic heterocycles. The quantitative estimate of drug-likeness (QED) is 0.505. The Morgan fingerprint density at radius 3 is 1.08 bits per heavy atom. The molecule has 0 aromatic heterocycles. The Morgan fingerprint density at radius 2 is 1.08 bits per heavy atom. The van der Waals surface area contributed by atoms with Crippen LogP contribution >= 0.6 is 0 Å². The van der Waals surface area contributed by atoms with Crippen LogP contribution in [0.25, 0.3) is 0 Å². The van der Waals surface area contributed by atoms with E-state index in [-0.39, 0.29) is 0 Å². The van der Waals surface area contributed by atoms with Gasteiger partial charge in [-0.2, -0.15) is 0 Å². The van der Waals surface area contributed by atoms with Crippen molar-refractivity contribution in [3.63, 3.8) is 0 Å². The molecule has 82 valence electrons. The summed E-state index contributed by atoms with van der Waals surface area (Å²) in [4.78, 5) is 0. The van der Waals surface area contributed by atoms with Gasteiger partial charge in [-0.25, -0.2) is 0 Å². The first-order valence-corrected chi connectivity index (χ1v) is 4.55. The van der Waals surface area contributed by atoms with E-state index in [4.69, 9.17) is 20.4 Å². The molecule has 4 heteroatoms. The van der Waals surface area contributed by atoms with Gasteiger partial charge in [-0.15, -0.1) is 0 Å². The predicted molar refractivity (Wildman–Crippen MR) is 51.3 cm³/mol. The minimum atomic E-state index is -0.593. The molecule has 0 saturated heterocycles. The molecule has 4 unspecified atom stereocenters. The van der Waals surface area contributed by atoms with E-state index in [0.29, 0.717) is 6.42 Å². The molecule has 0 radical (unpaired) electrons. The van der Waals surface area contributed by atoms with Crippen LogP contribution in [-0.2, 0) is 0 Å². The fourth-order valence-electron chi connectivity index (χ4n) is 0.341. The van der Waals surface area contributed by atoms with E-state index in [1.807, 2.05) is 6.92 Å². The zero-order valence-corrected chi connectivity index (χ0v) is 8.81. The Morgan fingerprint density at radius 1 is 0.769 bits per heavy atom. The summed E-state index contributed by atoms with van der Waals surface area (Å²) in [7, 11) is 0. The van der Waals surface area contributed by atoms with Crippen LogP contribution in [0, 0.1) is 0 Å².